The van der Waals surface area contributed by atoms with Gasteiger partial charge in [0.25, 0.3) is 5.91 Å². The maximum absolute atomic E-state index is 12.6. The normalized spacial score (nSPS) is 23.3. The zero-order valence-corrected chi connectivity index (χ0v) is 17.1. The van der Waals surface area contributed by atoms with Crippen molar-refractivity contribution in [1.29, 1.82) is 0 Å². The highest BCUT2D eigenvalue weighted by molar-refractivity contribution is 6.03. The molecule has 1 aliphatic heterocycles. The molecule has 1 fully saturated rings. The molecule has 4 atom stereocenters. The molecule has 2 heterocycles. The number of anilines is 1. The lowest BCUT2D eigenvalue weighted by Gasteiger charge is -2.23. The average Bonchev–Trinajstić information content (AvgIpc) is 3.06. The van der Waals surface area contributed by atoms with Gasteiger partial charge in [-0.2, -0.15) is 4.98 Å². The van der Waals surface area contributed by atoms with E-state index in [-0.39, 0.29) is 5.82 Å². The molecule has 0 spiro atoms. The van der Waals surface area contributed by atoms with Crippen LogP contribution in [0.3, 0.4) is 0 Å². The molecule has 0 unspecified atom stereocenters. The van der Waals surface area contributed by atoms with E-state index >= 15 is 0 Å². The quantitative estimate of drug-likeness (QED) is 0.584. The van der Waals surface area contributed by atoms with Crippen LogP contribution in [0.25, 0.3) is 0 Å². The highest BCUT2D eigenvalue weighted by atomic mass is 19.4. The molecule has 32 heavy (non-hydrogen) atoms. The average molecular weight is 456 g/mol. The number of rotatable bonds is 8. The molecular weight excluding hydrogens is 433 g/mol. The molecule has 0 bridgehead atoms. The maximum atomic E-state index is 12.6. The number of aromatic nitrogens is 2. The summed E-state index contributed by atoms with van der Waals surface area (Å²) >= 11 is 0. The second kappa shape index (κ2) is 10.2. The third-order valence-electron chi connectivity index (χ3n) is 4.85. The summed E-state index contributed by atoms with van der Waals surface area (Å²) < 4.78 is 52.6. The summed E-state index contributed by atoms with van der Waals surface area (Å²) in [6.07, 6.45) is -5.29. The van der Waals surface area contributed by atoms with Crippen LogP contribution in [0.2, 0.25) is 0 Å². The molecule has 0 saturated carbocycles. The van der Waals surface area contributed by atoms with Crippen molar-refractivity contribution in [1.82, 2.24) is 9.55 Å². The molecule has 3 rings (SSSR count). The molecule has 0 aliphatic carbocycles. The van der Waals surface area contributed by atoms with Gasteiger partial charge in [-0.15, -0.1) is 13.2 Å². The van der Waals surface area contributed by atoms with Gasteiger partial charge in [0.1, 0.15) is 11.9 Å². The number of carbonyl (C=O) groups is 1. The van der Waals surface area contributed by atoms with Crippen molar-refractivity contribution in [2.75, 3.05) is 18.5 Å². The van der Waals surface area contributed by atoms with Crippen molar-refractivity contribution in [3.05, 3.63) is 58.6 Å². The highest BCUT2D eigenvalue weighted by Crippen LogP contribution is 2.31. The van der Waals surface area contributed by atoms with Crippen LogP contribution in [0.15, 0.2) is 47.4 Å². The van der Waals surface area contributed by atoms with Crippen molar-refractivity contribution in [2.45, 2.75) is 44.2 Å². The van der Waals surface area contributed by atoms with Gasteiger partial charge in [-0.1, -0.05) is 25.1 Å². The topological polar surface area (TPSA) is 118 Å². The first-order chi connectivity index (χ1) is 15.2. The first-order valence-electron chi connectivity index (χ1n) is 9.88. The van der Waals surface area contributed by atoms with E-state index in [0.717, 1.165) is 4.57 Å². The number of nitrogens with one attached hydrogen (secondary N) is 1. The maximum Gasteiger partial charge on any atom is 0.522 e. The van der Waals surface area contributed by atoms with E-state index in [4.69, 9.17) is 15.2 Å². The number of halogens is 3. The Balaban J connectivity index is 1.72. The Morgan fingerprint density at radius 3 is 2.59 bits per heavy atom. The summed E-state index contributed by atoms with van der Waals surface area (Å²) in [6, 6.07) is 9.11. The fourth-order valence-corrected chi connectivity index (χ4v) is 3.33. The predicted molar refractivity (Wildman–Crippen MR) is 107 cm³/mol. The SMILES string of the molecule is CC[C@H]1O[C@@H](n2ccc(NC(=O)c3ccccc3)nc2=O)[C@H](OCCOC(F)(F)F)[C@@H]1N. The first kappa shape index (κ1) is 23.9. The Bertz CT molecular complexity index is 970. The summed E-state index contributed by atoms with van der Waals surface area (Å²) in [7, 11) is 0. The molecular formula is C20H23F3N4O5. The van der Waals surface area contributed by atoms with E-state index in [2.05, 4.69) is 15.0 Å². The summed E-state index contributed by atoms with van der Waals surface area (Å²) in [6.45, 7) is 0.690. The number of alkyl halides is 3. The van der Waals surface area contributed by atoms with E-state index in [1.165, 1.54) is 12.3 Å². The Labute approximate surface area is 181 Å². The second-order valence-corrected chi connectivity index (χ2v) is 7.00. The van der Waals surface area contributed by atoms with E-state index < -0.39 is 55.7 Å². The van der Waals surface area contributed by atoms with Gasteiger partial charge < -0.3 is 20.5 Å². The van der Waals surface area contributed by atoms with Gasteiger partial charge in [0, 0.05) is 11.8 Å². The van der Waals surface area contributed by atoms with Crippen LogP contribution in [0.5, 0.6) is 0 Å². The number of nitrogens with two attached hydrogens (primary N) is 1. The molecule has 9 nitrogen and oxygen atoms in total. The third-order valence-corrected chi connectivity index (χ3v) is 4.85. The molecule has 1 aromatic heterocycles. The van der Waals surface area contributed by atoms with Gasteiger partial charge in [-0.05, 0) is 24.6 Å². The number of hydrogen-bond donors (Lipinski definition) is 2. The Morgan fingerprint density at radius 1 is 1.25 bits per heavy atom. The van der Waals surface area contributed by atoms with Crippen LogP contribution in [0, 0.1) is 0 Å². The first-order valence-corrected chi connectivity index (χ1v) is 9.88. The fraction of sp³-hybridized carbons (Fsp3) is 0.450. The zero-order chi connectivity index (χ0) is 23.3. The summed E-state index contributed by atoms with van der Waals surface area (Å²) in [5.41, 5.74) is 5.78. The van der Waals surface area contributed by atoms with Crippen molar-refractivity contribution in [3.8, 4) is 0 Å². The molecule has 1 aromatic carbocycles. The minimum absolute atomic E-state index is 0.0329. The molecule has 1 saturated heterocycles. The zero-order valence-electron chi connectivity index (χ0n) is 17.1. The van der Waals surface area contributed by atoms with E-state index in [1.807, 2.05) is 6.92 Å². The lowest BCUT2D eigenvalue weighted by Crippen LogP contribution is -2.43. The lowest BCUT2D eigenvalue weighted by molar-refractivity contribution is -0.327. The Kier molecular flexibility index (Phi) is 7.61. The van der Waals surface area contributed by atoms with Crippen molar-refractivity contribution in [3.63, 3.8) is 0 Å². The molecule has 1 amide bonds. The van der Waals surface area contributed by atoms with Crippen LogP contribution in [0.1, 0.15) is 29.9 Å². The standard InChI is InChI=1S/C20H23F3N4O5/c1-2-13-15(24)16(30-10-11-31-20(21,22)23)18(32-13)27-9-8-14(26-19(27)29)25-17(28)12-6-4-3-5-7-12/h3-9,13,15-16,18H,2,10-11,24H2,1H3,(H,25,26,28,29)/t13-,15-,16-,18-/m1/s1. The number of hydrogen-bond acceptors (Lipinski definition) is 7. The van der Waals surface area contributed by atoms with Crippen LogP contribution in [-0.2, 0) is 14.2 Å². The number of nitrogens with zero attached hydrogens (tertiary/aromatic N) is 2. The van der Waals surface area contributed by atoms with Crippen LogP contribution in [-0.4, -0.2) is 53.3 Å². The van der Waals surface area contributed by atoms with E-state index in [0.29, 0.717) is 12.0 Å². The van der Waals surface area contributed by atoms with Crippen molar-refractivity contribution >= 4 is 11.7 Å². The second-order valence-electron chi connectivity index (χ2n) is 7.00. The number of ether oxygens (including phenoxy) is 3. The van der Waals surface area contributed by atoms with Gasteiger partial charge in [-0.3, -0.25) is 14.1 Å². The molecule has 3 N–H and O–H groups in total. The number of benzene rings is 1. The van der Waals surface area contributed by atoms with Gasteiger partial charge in [0.15, 0.2) is 6.23 Å². The van der Waals surface area contributed by atoms with Gasteiger partial charge >= 0.3 is 12.1 Å². The minimum atomic E-state index is -4.77. The van der Waals surface area contributed by atoms with Gasteiger partial charge in [0.2, 0.25) is 0 Å². The number of carbonyl (C=O) groups excluding carboxylic acids is 1. The number of amides is 1. The van der Waals surface area contributed by atoms with Gasteiger partial charge in [0.05, 0.1) is 25.4 Å². The Hall–Kier alpha value is -2.80. The summed E-state index contributed by atoms with van der Waals surface area (Å²) in [5.74, 6) is -0.406. The predicted octanol–water partition coefficient (Wildman–Crippen LogP) is 2.05. The van der Waals surface area contributed by atoms with Crippen molar-refractivity contribution < 1.29 is 32.2 Å². The molecule has 1 aliphatic rings. The highest BCUT2D eigenvalue weighted by Gasteiger charge is 2.44. The minimum Gasteiger partial charge on any atom is -0.369 e. The van der Waals surface area contributed by atoms with Crippen LogP contribution < -0.4 is 16.7 Å². The molecule has 12 heteroatoms. The Morgan fingerprint density at radius 2 is 1.97 bits per heavy atom. The van der Waals surface area contributed by atoms with Crippen LogP contribution >= 0.6 is 0 Å². The lowest BCUT2D eigenvalue weighted by atomic mass is 10.1. The molecule has 174 valence electrons. The fourth-order valence-electron chi connectivity index (χ4n) is 3.33. The molecule has 0 radical (unpaired) electrons. The largest absolute Gasteiger partial charge is 0.522 e. The summed E-state index contributed by atoms with van der Waals surface area (Å²) in [5, 5.41) is 2.53. The monoisotopic (exact) mass is 456 g/mol. The third kappa shape index (κ3) is 5.91. The summed E-state index contributed by atoms with van der Waals surface area (Å²) in [4.78, 5) is 28.7. The van der Waals surface area contributed by atoms with Gasteiger partial charge in [-0.25, -0.2) is 4.79 Å². The van der Waals surface area contributed by atoms with E-state index in [9.17, 15) is 22.8 Å². The molecule has 2 aromatic rings. The van der Waals surface area contributed by atoms with Crippen LogP contribution in [0.4, 0.5) is 19.0 Å². The smallest absolute Gasteiger partial charge is 0.369 e. The van der Waals surface area contributed by atoms with E-state index in [1.54, 1.807) is 30.3 Å². The van der Waals surface area contributed by atoms with Crippen molar-refractivity contribution in [2.24, 2.45) is 5.73 Å².